The van der Waals surface area contributed by atoms with Crippen LogP contribution in [0.15, 0.2) is 54.6 Å². The normalized spacial score (nSPS) is 12.5. The summed E-state index contributed by atoms with van der Waals surface area (Å²) in [6.07, 6.45) is 0. The maximum absolute atomic E-state index is 11.9. The molecule has 0 spiro atoms. The van der Waals surface area contributed by atoms with Crippen molar-refractivity contribution in [3.05, 3.63) is 65.7 Å². The van der Waals surface area contributed by atoms with Crippen LogP contribution in [0.5, 0.6) is 5.75 Å². The maximum atomic E-state index is 11.9. The van der Waals surface area contributed by atoms with Crippen LogP contribution < -0.4 is 15.4 Å². The highest BCUT2D eigenvalue weighted by molar-refractivity contribution is 5.78. The second-order valence-electron chi connectivity index (χ2n) is 7.49. The highest BCUT2D eigenvalue weighted by Gasteiger charge is 2.13. The molecule has 1 amide bonds. The lowest BCUT2D eigenvalue weighted by atomic mass is 9.87. The molecular weight excluding hydrogens is 324 g/mol. The van der Waals surface area contributed by atoms with Crippen molar-refractivity contribution >= 4 is 5.91 Å². The molecule has 1 atom stereocenters. The first-order valence-corrected chi connectivity index (χ1v) is 9.14. The lowest BCUT2D eigenvalue weighted by molar-refractivity contribution is -0.120. The molecule has 0 aliphatic rings. The minimum atomic E-state index is -0.0283. The molecule has 2 rings (SSSR count). The zero-order valence-corrected chi connectivity index (χ0v) is 16.2. The number of carbonyl (C=O) groups excluding carboxylic acids is 1. The first kappa shape index (κ1) is 20.0. The van der Waals surface area contributed by atoms with Crippen LogP contribution in [-0.2, 0) is 10.2 Å². The number of ether oxygens (including phenoxy) is 1. The predicted octanol–water partition coefficient (Wildman–Crippen LogP) is 3.83. The van der Waals surface area contributed by atoms with Gasteiger partial charge in [-0.3, -0.25) is 4.79 Å². The highest BCUT2D eigenvalue weighted by atomic mass is 16.5. The quantitative estimate of drug-likeness (QED) is 0.709. The topological polar surface area (TPSA) is 50.4 Å². The SMILES string of the molecule is C[C@@H](NCC(=O)NCCOc1ccc(C(C)(C)C)cc1)c1ccccc1. The Hall–Kier alpha value is -2.33. The fourth-order valence-electron chi connectivity index (χ4n) is 2.58. The Bertz CT molecular complexity index is 676. The monoisotopic (exact) mass is 354 g/mol. The largest absolute Gasteiger partial charge is 0.492 e. The van der Waals surface area contributed by atoms with Crippen molar-refractivity contribution in [1.82, 2.24) is 10.6 Å². The minimum Gasteiger partial charge on any atom is -0.492 e. The van der Waals surface area contributed by atoms with Gasteiger partial charge in [-0.15, -0.1) is 0 Å². The summed E-state index contributed by atoms with van der Waals surface area (Å²) in [6.45, 7) is 9.83. The van der Waals surface area contributed by atoms with Gasteiger partial charge in [0.2, 0.25) is 5.91 Å². The molecule has 0 heterocycles. The average Bonchev–Trinajstić information content (AvgIpc) is 2.63. The van der Waals surface area contributed by atoms with E-state index >= 15 is 0 Å². The van der Waals surface area contributed by atoms with Crippen molar-refractivity contribution in [3.8, 4) is 5.75 Å². The van der Waals surface area contributed by atoms with Gasteiger partial charge in [-0.2, -0.15) is 0 Å². The molecule has 0 aliphatic heterocycles. The molecule has 0 saturated carbocycles. The third kappa shape index (κ3) is 6.52. The van der Waals surface area contributed by atoms with Gasteiger partial charge in [0.25, 0.3) is 0 Å². The number of rotatable bonds is 8. The van der Waals surface area contributed by atoms with Crippen molar-refractivity contribution < 1.29 is 9.53 Å². The number of benzene rings is 2. The molecule has 0 aromatic heterocycles. The van der Waals surface area contributed by atoms with Crippen LogP contribution in [-0.4, -0.2) is 25.6 Å². The molecule has 0 unspecified atom stereocenters. The molecule has 2 N–H and O–H groups in total. The molecule has 0 saturated heterocycles. The van der Waals surface area contributed by atoms with E-state index in [0.29, 0.717) is 13.2 Å². The maximum Gasteiger partial charge on any atom is 0.234 e. The van der Waals surface area contributed by atoms with Crippen LogP contribution in [0.1, 0.15) is 44.9 Å². The van der Waals surface area contributed by atoms with E-state index in [9.17, 15) is 4.79 Å². The summed E-state index contributed by atoms with van der Waals surface area (Å²) in [4.78, 5) is 11.9. The average molecular weight is 354 g/mol. The summed E-state index contributed by atoms with van der Waals surface area (Å²) in [7, 11) is 0. The fraction of sp³-hybridized carbons (Fsp3) is 0.409. The van der Waals surface area contributed by atoms with E-state index in [1.807, 2.05) is 49.4 Å². The van der Waals surface area contributed by atoms with Gasteiger partial charge in [0.15, 0.2) is 0 Å². The predicted molar refractivity (Wildman–Crippen MR) is 107 cm³/mol. The summed E-state index contributed by atoms with van der Waals surface area (Å²) < 4.78 is 5.68. The second kappa shape index (κ2) is 9.39. The summed E-state index contributed by atoms with van der Waals surface area (Å²) in [5.41, 5.74) is 2.58. The van der Waals surface area contributed by atoms with Crippen LogP contribution in [0, 0.1) is 0 Å². The summed E-state index contributed by atoms with van der Waals surface area (Å²) >= 11 is 0. The zero-order chi connectivity index (χ0) is 19.0. The fourth-order valence-corrected chi connectivity index (χ4v) is 2.58. The van der Waals surface area contributed by atoms with E-state index in [0.717, 1.165) is 5.75 Å². The van der Waals surface area contributed by atoms with Crippen molar-refractivity contribution in [3.63, 3.8) is 0 Å². The van der Waals surface area contributed by atoms with E-state index in [1.54, 1.807) is 0 Å². The summed E-state index contributed by atoms with van der Waals surface area (Å²) in [5, 5.41) is 6.09. The molecule has 4 heteroatoms. The molecule has 2 aromatic carbocycles. The van der Waals surface area contributed by atoms with Crippen molar-refractivity contribution in [2.24, 2.45) is 0 Å². The zero-order valence-electron chi connectivity index (χ0n) is 16.2. The van der Waals surface area contributed by atoms with Crippen LogP contribution in [0.25, 0.3) is 0 Å². The Balaban J connectivity index is 1.64. The highest BCUT2D eigenvalue weighted by Crippen LogP contribution is 2.24. The van der Waals surface area contributed by atoms with E-state index in [4.69, 9.17) is 4.74 Å². The van der Waals surface area contributed by atoms with Gasteiger partial charge >= 0.3 is 0 Å². The van der Waals surface area contributed by atoms with Crippen LogP contribution >= 0.6 is 0 Å². The third-order valence-corrected chi connectivity index (χ3v) is 4.28. The van der Waals surface area contributed by atoms with Gasteiger partial charge in [0.05, 0.1) is 13.1 Å². The smallest absolute Gasteiger partial charge is 0.234 e. The van der Waals surface area contributed by atoms with Gasteiger partial charge in [-0.25, -0.2) is 0 Å². The first-order chi connectivity index (χ1) is 12.4. The van der Waals surface area contributed by atoms with Crippen molar-refractivity contribution in [2.45, 2.75) is 39.2 Å². The van der Waals surface area contributed by atoms with Gasteiger partial charge in [-0.05, 0) is 35.6 Å². The Kier molecular flexibility index (Phi) is 7.22. The molecule has 4 nitrogen and oxygen atoms in total. The number of hydrogen-bond acceptors (Lipinski definition) is 3. The van der Waals surface area contributed by atoms with Gasteiger partial charge < -0.3 is 15.4 Å². The molecule has 26 heavy (non-hydrogen) atoms. The summed E-state index contributed by atoms with van der Waals surface area (Å²) in [6, 6.07) is 18.3. The van der Waals surface area contributed by atoms with Crippen LogP contribution in [0.2, 0.25) is 0 Å². The van der Waals surface area contributed by atoms with Crippen LogP contribution in [0.3, 0.4) is 0 Å². The Morgan fingerprint density at radius 2 is 1.69 bits per heavy atom. The van der Waals surface area contributed by atoms with E-state index in [1.165, 1.54) is 11.1 Å². The third-order valence-electron chi connectivity index (χ3n) is 4.28. The Morgan fingerprint density at radius 1 is 1.04 bits per heavy atom. The van der Waals surface area contributed by atoms with Crippen molar-refractivity contribution in [2.75, 3.05) is 19.7 Å². The number of hydrogen-bond donors (Lipinski definition) is 2. The van der Waals surface area contributed by atoms with Crippen molar-refractivity contribution in [1.29, 1.82) is 0 Å². The number of carbonyl (C=O) groups is 1. The number of amides is 1. The second-order valence-corrected chi connectivity index (χ2v) is 7.49. The number of nitrogens with one attached hydrogen (secondary N) is 2. The van der Waals surface area contributed by atoms with Gasteiger partial charge in [-0.1, -0.05) is 63.2 Å². The molecule has 2 aromatic rings. The van der Waals surface area contributed by atoms with Gasteiger partial charge in [0, 0.05) is 6.04 Å². The summed E-state index contributed by atoms with van der Waals surface area (Å²) in [5.74, 6) is 0.794. The standard InChI is InChI=1S/C22H30N2O2/c1-17(18-8-6-5-7-9-18)24-16-21(25)23-14-15-26-20-12-10-19(11-13-20)22(2,3)4/h5-13,17,24H,14-16H2,1-4H3,(H,23,25)/t17-/m1/s1. The molecule has 0 radical (unpaired) electrons. The molecule has 0 aliphatic carbocycles. The lowest BCUT2D eigenvalue weighted by Crippen LogP contribution is -2.36. The minimum absolute atomic E-state index is 0.0283. The van der Waals surface area contributed by atoms with E-state index in [2.05, 4.69) is 43.5 Å². The van der Waals surface area contributed by atoms with E-state index in [-0.39, 0.29) is 23.9 Å². The lowest BCUT2D eigenvalue weighted by Gasteiger charge is -2.19. The Labute approximate surface area is 157 Å². The molecule has 140 valence electrons. The Morgan fingerprint density at radius 3 is 2.31 bits per heavy atom. The van der Waals surface area contributed by atoms with Gasteiger partial charge in [0.1, 0.15) is 12.4 Å². The van der Waals surface area contributed by atoms with E-state index < -0.39 is 0 Å². The molecule has 0 bridgehead atoms. The first-order valence-electron chi connectivity index (χ1n) is 9.14. The molecular formula is C22H30N2O2. The molecule has 0 fully saturated rings. The van der Waals surface area contributed by atoms with Crippen LogP contribution in [0.4, 0.5) is 0 Å².